The van der Waals surface area contributed by atoms with Crippen LogP contribution in [0.15, 0.2) is 18.2 Å². The van der Waals surface area contributed by atoms with Crippen molar-refractivity contribution in [1.29, 1.82) is 0 Å². The Morgan fingerprint density at radius 3 is 2.36 bits per heavy atom. The number of Topliss-reactive ketones (excluding diaryl/α,β-unsaturated/α-hetero) is 1. The van der Waals surface area contributed by atoms with Crippen molar-refractivity contribution < 1.29 is 14.3 Å². The molecular weight excluding hydrogens is 280 g/mol. The number of benzene rings is 1. The molecule has 0 bridgehead atoms. The van der Waals surface area contributed by atoms with Gasteiger partial charge in [-0.2, -0.15) is 0 Å². The molecule has 2 rings (SSSR count). The highest BCUT2D eigenvalue weighted by Crippen LogP contribution is 2.37. The lowest BCUT2D eigenvalue weighted by molar-refractivity contribution is -0.128. The molecule has 1 aliphatic heterocycles. The van der Waals surface area contributed by atoms with E-state index in [2.05, 4.69) is 0 Å². The first kappa shape index (κ1) is 16.5. The Hall–Kier alpha value is -1.88. The Bertz CT molecular complexity index is 594. The first-order chi connectivity index (χ1) is 10.2. The van der Waals surface area contributed by atoms with Crippen molar-refractivity contribution in [2.75, 3.05) is 4.90 Å². The fraction of sp³-hybridized carbons (Fsp3) is 0.529. The number of ether oxygens (including phenoxy) is 1. The molecule has 2 N–H and O–H groups in total. The maximum Gasteiger partial charge on any atom is 0.268 e. The summed E-state index contributed by atoms with van der Waals surface area (Å²) in [6.07, 6.45) is -0.495. The summed E-state index contributed by atoms with van der Waals surface area (Å²) in [5, 5.41) is 0. The van der Waals surface area contributed by atoms with Gasteiger partial charge in [0.1, 0.15) is 5.75 Å². The molecule has 2 unspecified atom stereocenters. The van der Waals surface area contributed by atoms with E-state index in [9.17, 15) is 9.59 Å². The van der Waals surface area contributed by atoms with Gasteiger partial charge in [0.25, 0.3) is 5.91 Å². The molecule has 0 saturated carbocycles. The molecule has 5 heteroatoms. The molecule has 1 heterocycles. The maximum atomic E-state index is 12.7. The van der Waals surface area contributed by atoms with Crippen LogP contribution < -0.4 is 15.4 Å². The van der Waals surface area contributed by atoms with E-state index >= 15 is 0 Å². The van der Waals surface area contributed by atoms with E-state index in [1.165, 1.54) is 0 Å². The van der Waals surface area contributed by atoms with Gasteiger partial charge in [-0.25, -0.2) is 0 Å². The third-order valence-corrected chi connectivity index (χ3v) is 3.77. The lowest BCUT2D eigenvalue weighted by Crippen LogP contribution is -2.51. The molecule has 120 valence electrons. The lowest BCUT2D eigenvalue weighted by atomic mass is 9.99. The zero-order valence-corrected chi connectivity index (χ0v) is 13.8. The summed E-state index contributed by atoms with van der Waals surface area (Å²) >= 11 is 0. The summed E-state index contributed by atoms with van der Waals surface area (Å²) < 4.78 is 5.85. The Labute approximate surface area is 131 Å². The summed E-state index contributed by atoms with van der Waals surface area (Å²) in [5.74, 6) is 0.494. The molecule has 0 aromatic heterocycles. The molecule has 0 radical (unpaired) electrons. The smallest absolute Gasteiger partial charge is 0.268 e. The van der Waals surface area contributed by atoms with Gasteiger partial charge in [-0.1, -0.05) is 13.8 Å². The van der Waals surface area contributed by atoms with Crippen LogP contribution in [0.4, 0.5) is 5.69 Å². The quantitative estimate of drug-likeness (QED) is 0.867. The third-order valence-electron chi connectivity index (χ3n) is 3.77. The second-order valence-electron chi connectivity index (χ2n) is 6.42. The number of ketones is 1. The minimum atomic E-state index is -0.575. The molecule has 22 heavy (non-hydrogen) atoms. The molecule has 1 aliphatic rings. The van der Waals surface area contributed by atoms with Gasteiger partial charge in [0.15, 0.2) is 11.9 Å². The number of rotatable bonds is 4. The zero-order chi connectivity index (χ0) is 16.6. The number of carbonyl (C=O) groups excluding carboxylic acids is 2. The Kier molecular flexibility index (Phi) is 4.56. The van der Waals surface area contributed by atoms with Gasteiger partial charge in [0.2, 0.25) is 0 Å². The number of hydrogen-bond donors (Lipinski definition) is 1. The first-order valence-corrected chi connectivity index (χ1v) is 7.67. The van der Waals surface area contributed by atoms with E-state index in [1.807, 2.05) is 27.7 Å². The van der Waals surface area contributed by atoms with E-state index < -0.39 is 12.1 Å². The topological polar surface area (TPSA) is 72.6 Å². The Balaban J connectivity index is 2.51. The minimum absolute atomic E-state index is 0.0166. The highest BCUT2D eigenvalue weighted by Gasteiger charge is 2.37. The SMILES string of the molecule is CC(N)C(=O)c1ccc2c(c1)N(C(C)C)C(=O)C(C(C)C)O2. The van der Waals surface area contributed by atoms with Crippen molar-refractivity contribution in [1.82, 2.24) is 0 Å². The van der Waals surface area contributed by atoms with Gasteiger partial charge in [-0.05, 0) is 44.9 Å². The summed E-state index contributed by atoms with van der Waals surface area (Å²) in [7, 11) is 0. The van der Waals surface area contributed by atoms with Crippen molar-refractivity contribution in [2.24, 2.45) is 11.7 Å². The van der Waals surface area contributed by atoms with Gasteiger partial charge in [-0.15, -0.1) is 0 Å². The van der Waals surface area contributed by atoms with E-state index in [1.54, 1.807) is 30.0 Å². The van der Waals surface area contributed by atoms with E-state index in [0.29, 0.717) is 17.0 Å². The van der Waals surface area contributed by atoms with Crippen LogP contribution in [0.5, 0.6) is 5.75 Å². The average molecular weight is 304 g/mol. The highest BCUT2D eigenvalue weighted by molar-refractivity contribution is 6.04. The van der Waals surface area contributed by atoms with E-state index in [-0.39, 0.29) is 23.7 Å². The molecule has 1 amide bonds. The van der Waals surface area contributed by atoms with Crippen molar-refractivity contribution in [3.63, 3.8) is 0 Å². The standard InChI is InChI=1S/C17H24N2O3/c1-9(2)16-17(21)19(10(3)4)13-8-12(15(20)11(5)18)6-7-14(13)22-16/h6-11,16H,18H2,1-5H3. The number of anilines is 1. The maximum absolute atomic E-state index is 12.7. The molecule has 1 aromatic carbocycles. The van der Waals surface area contributed by atoms with Crippen molar-refractivity contribution >= 4 is 17.4 Å². The van der Waals surface area contributed by atoms with Gasteiger partial charge in [-0.3, -0.25) is 9.59 Å². The van der Waals surface area contributed by atoms with Gasteiger partial charge < -0.3 is 15.4 Å². The number of carbonyl (C=O) groups is 2. The largest absolute Gasteiger partial charge is 0.478 e. The fourth-order valence-corrected chi connectivity index (χ4v) is 2.62. The van der Waals surface area contributed by atoms with Gasteiger partial charge in [0, 0.05) is 11.6 Å². The second kappa shape index (κ2) is 6.08. The van der Waals surface area contributed by atoms with Crippen LogP contribution in [0, 0.1) is 5.92 Å². The van der Waals surface area contributed by atoms with Gasteiger partial charge in [0.05, 0.1) is 11.7 Å². The third kappa shape index (κ3) is 2.86. The van der Waals surface area contributed by atoms with E-state index in [4.69, 9.17) is 10.5 Å². The van der Waals surface area contributed by atoms with Crippen LogP contribution in [0.1, 0.15) is 45.0 Å². The number of nitrogens with two attached hydrogens (primary N) is 1. The second-order valence-corrected chi connectivity index (χ2v) is 6.42. The lowest BCUT2D eigenvalue weighted by Gasteiger charge is -2.38. The van der Waals surface area contributed by atoms with Crippen LogP contribution in [-0.4, -0.2) is 29.9 Å². The number of hydrogen-bond acceptors (Lipinski definition) is 4. The van der Waals surface area contributed by atoms with Crippen molar-refractivity contribution in [3.05, 3.63) is 23.8 Å². The predicted molar refractivity (Wildman–Crippen MR) is 86.3 cm³/mol. The predicted octanol–water partition coefficient (Wildman–Crippen LogP) is 2.37. The van der Waals surface area contributed by atoms with Crippen molar-refractivity contribution in [3.8, 4) is 5.75 Å². The first-order valence-electron chi connectivity index (χ1n) is 7.67. The molecule has 1 aromatic rings. The van der Waals surface area contributed by atoms with Crippen LogP contribution in [-0.2, 0) is 4.79 Å². The minimum Gasteiger partial charge on any atom is -0.478 e. The fourth-order valence-electron chi connectivity index (χ4n) is 2.62. The average Bonchev–Trinajstić information content (AvgIpc) is 2.44. The highest BCUT2D eigenvalue weighted by atomic mass is 16.5. The Morgan fingerprint density at radius 1 is 1.23 bits per heavy atom. The van der Waals surface area contributed by atoms with Crippen LogP contribution in [0.25, 0.3) is 0 Å². The molecule has 0 fully saturated rings. The summed E-state index contributed by atoms with van der Waals surface area (Å²) in [4.78, 5) is 26.5. The van der Waals surface area contributed by atoms with Gasteiger partial charge >= 0.3 is 0 Å². The molecule has 2 atom stereocenters. The summed E-state index contributed by atoms with van der Waals surface area (Å²) in [6.45, 7) is 9.47. The molecule has 0 saturated heterocycles. The summed E-state index contributed by atoms with van der Waals surface area (Å²) in [5.41, 5.74) is 6.81. The molecular formula is C17H24N2O3. The summed E-state index contributed by atoms with van der Waals surface area (Å²) in [6, 6.07) is 4.57. The molecule has 0 spiro atoms. The zero-order valence-electron chi connectivity index (χ0n) is 13.8. The van der Waals surface area contributed by atoms with Crippen LogP contribution in [0.2, 0.25) is 0 Å². The van der Waals surface area contributed by atoms with Crippen LogP contribution >= 0.6 is 0 Å². The number of amides is 1. The Morgan fingerprint density at radius 2 is 1.86 bits per heavy atom. The molecule has 5 nitrogen and oxygen atoms in total. The monoisotopic (exact) mass is 304 g/mol. The molecule has 0 aliphatic carbocycles. The number of fused-ring (bicyclic) bond motifs is 1. The number of nitrogens with zero attached hydrogens (tertiary/aromatic N) is 1. The normalized spacial score (nSPS) is 19.2. The van der Waals surface area contributed by atoms with E-state index in [0.717, 1.165) is 0 Å². The van der Waals surface area contributed by atoms with Crippen molar-refractivity contribution in [2.45, 2.75) is 52.8 Å². The van der Waals surface area contributed by atoms with Crippen LogP contribution in [0.3, 0.4) is 0 Å².